The van der Waals surface area contributed by atoms with Crippen LogP contribution in [0.15, 0.2) is 24.3 Å². The van der Waals surface area contributed by atoms with Gasteiger partial charge in [-0.15, -0.1) is 12.8 Å². The van der Waals surface area contributed by atoms with Crippen LogP contribution in [0.1, 0.15) is 51.4 Å². The van der Waals surface area contributed by atoms with Crippen molar-refractivity contribution in [2.75, 3.05) is 13.2 Å². The maximum Gasteiger partial charge on any atom is 0.0466 e. The molecule has 0 bridgehead atoms. The molecule has 1 heteroatoms. The molecule has 0 aliphatic heterocycles. The molecule has 0 rings (SSSR count). The van der Waals surface area contributed by atoms with Gasteiger partial charge in [-0.1, -0.05) is 37.8 Å². The average molecular weight is 258 g/mol. The highest BCUT2D eigenvalue weighted by atomic mass is 16.5. The van der Waals surface area contributed by atoms with Crippen LogP contribution in [-0.2, 0) is 4.74 Å². The zero-order valence-electron chi connectivity index (χ0n) is 12.0. The van der Waals surface area contributed by atoms with Crippen molar-refractivity contribution in [2.24, 2.45) is 0 Å². The molecule has 0 aromatic carbocycles. The lowest BCUT2D eigenvalue weighted by atomic mass is 10.1. The normalized spacial score (nSPS) is 9.58. The molecule has 0 aliphatic rings. The third-order valence-corrected chi connectivity index (χ3v) is 2.94. The second-order valence-electron chi connectivity index (χ2n) is 4.73. The molecule has 0 amide bonds. The maximum atomic E-state index is 5.57. The van der Waals surface area contributed by atoms with Gasteiger partial charge >= 0.3 is 0 Å². The minimum Gasteiger partial charge on any atom is -0.381 e. The van der Waals surface area contributed by atoms with Crippen molar-refractivity contribution >= 4 is 0 Å². The summed E-state index contributed by atoms with van der Waals surface area (Å²) in [5, 5.41) is 0. The summed E-state index contributed by atoms with van der Waals surface area (Å²) < 4.78 is 5.57. The minimum atomic E-state index is 0.847. The van der Waals surface area contributed by atoms with Crippen LogP contribution in [0.4, 0.5) is 0 Å². The Morgan fingerprint density at radius 1 is 0.737 bits per heavy atom. The molecule has 0 saturated heterocycles. The number of rotatable bonds is 12. The first-order chi connectivity index (χ1) is 9.20. The Morgan fingerprint density at radius 3 is 1.53 bits per heavy atom. The van der Waals surface area contributed by atoms with E-state index in [0.717, 1.165) is 75.7 Å². The van der Waals surface area contributed by atoms with E-state index in [9.17, 15) is 0 Å². The molecule has 0 atom stereocenters. The molecule has 104 valence electrons. The van der Waals surface area contributed by atoms with Gasteiger partial charge in [-0.25, -0.2) is 0 Å². The van der Waals surface area contributed by atoms with Crippen molar-refractivity contribution in [3.8, 4) is 24.7 Å². The van der Waals surface area contributed by atoms with Gasteiger partial charge in [-0.2, -0.15) is 0 Å². The number of ether oxygens (including phenoxy) is 1. The molecule has 19 heavy (non-hydrogen) atoms. The molecule has 0 saturated carbocycles. The fourth-order valence-electron chi connectivity index (χ4n) is 1.68. The summed E-state index contributed by atoms with van der Waals surface area (Å²) in [6.07, 6.45) is 19.1. The molecule has 0 fully saturated rings. The van der Waals surface area contributed by atoms with Crippen LogP contribution in [0.3, 0.4) is 0 Å². The summed E-state index contributed by atoms with van der Waals surface area (Å²) in [5.41, 5.74) is 1.80. The molecular formula is C18H26O. The Balaban J connectivity index is 3.12. The number of unbranched alkanes of at least 4 members (excludes halogenated alkanes) is 4. The Hall–Kier alpha value is -1.44. The first-order valence-corrected chi connectivity index (χ1v) is 7.07. The number of allylic oxidation sites excluding steroid dienone is 2. The largest absolute Gasteiger partial charge is 0.381 e. The van der Waals surface area contributed by atoms with Gasteiger partial charge in [0, 0.05) is 13.2 Å². The third-order valence-electron chi connectivity index (χ3n) is 2.94. The Morgan fingerprint density at radius 2 is 1.16 bits per heavy atom. The predicted octanol–water partition coefficient (Wildman–Crippen LogP) is 4.50. The highest BCUT2D eigenvalue weighted by Crippen LogP contribution is 2.08. The highest BCUT2D eigenvalue weighted by molar-refractivity contribution is 5.21. The van der Waals surface area contributed by atoms with Crippen molar-refractivity contribution in [3.63, 3.8) is 0 Å². The van der Waals surface area contributed by atoms with Gasteiger partial charge < -0.3 is 4.74 Å². The summed E-state index contributed by atoms with van der Waals surface area (Å²) in [4.78, 5) is 0. The van der Waals surface area contributed by atoms with E-state index in [1.54, 1.807) is 0 Å². The Kier molecular flexibility index (Phi) is 12.0. The summed E-state index contributed by atoms with van der Waals surface area (Å²) in [6, 6.07) is 0. The zero-order chi connectivity index (χ0) is 14.3. The molecule has 0 aliphatic carbocycles. The van der Waals surface area contributed by atoms with Crippen LogP contribution in [0.25, 0.3) is 0 Å². The van der Waals surface area contributed by atoms with Crippen molar-refractivity contribution in [2.45, 2.75) is 51.4 Å². The fourth-order valence-corrected chi connectivity index (χ4v) is 1.68. The van der Waals surface area contributed by atoms with E-state index < -0.39 is 0 Å². The van der Waals surface area contributed by atoms with E-state index in [1.807, 2.05) is 0 Å². The molecule has 1 nitrogen and oxygen atoms in total. The summed E-state index contributed by atoms with van der Waals surface area (Å²) in [5.74, 6) is 5.13. The highest BCUT2D eigenvalue weighted by Gasteiger charge is 1.94. The van der Waals surface area contributed by atoms with Gasteiger partial charge in [0.15, 0.2) is 0 Å². The molecule has 0 unspecified atom stereocenters. The molecule has 0 heterocycles. The first-order valence-electron chi connectivity index (χ1n) is 7.07. The van der Waals surface area contributed by atoms with Crippen molar-refractivity contribution in [1.82, 2.24) is 0 Å². The second kappa shape index (κ2) is 13.0. The van der Waals surface area contributed by atoms with Crippen molar-refractivity contribution in [1.29, 1.82) is 0 Å². The quantitative estimate of drug-likeness (QED) is 0.370. The predicted molar refractivity (Wildman–Crippen MR) is 83.7 cm³/mol. The molecule has 0 radical (unpaired) electrons. The first kappa shape index (κ1) is 17.6. The van der Waals surface area contributed by atoms with Gasteiger partial charge in [0.05, 0.1) is 0 Å². The topological polar surface area (TPSA) is 9.23 Å². The number of hydrogen-bond donors (Lipinski definition) is 0. The smallest absolute Gasteiger partial charge is 0.0466 e. The van der Waals surface area contributed by atoms with E-state index in [0.29, 0.717) is 0 Å². The zero-order valence-corrected chi connectivity index (χ0v) is 12.0. The third kappa shape index (κ3) is 12.8. The Bertz CT molecular complexity index is 304. The SMILES string of the molecule is C#CC(=C)CCCCCOCCCCCC(=C)C#C. The maximum absolute atomic E-state index is 5.57. The van der Waals surface area contributed by atoms with Gasteiger partial charge in [0.25, 0.3) is 0 Å². The van der Waals surface area contributed by atoms with Crippen molar-refractivity contribution in [3.05, 3.63) is 24.3 Å². The summed E-state index contributed by atoms with van der Waals surface area (Å²) >= 11 is 0. The standard InChI is InChI=1S/C18H26O/c1-5-17(3)13-9-7-11-15-19-16-12-8-10-14-18(4)6-2/h1-2H,3-4,7-16H2. The average Bonchev–Trinajstić information content (AvgIpc) is 2.43. The molecular weight excluding hydrogens is 232 g/mol. The van der Waals surface area contributed by atoms with E-state index in [4.69, 9.17) is 17.6 Å². The van der Waals surface area contributed by atoms with Gasteiger partial charge in [0.2, 0.25) is 0 Å². The van der Waals surface area contributed by atoms with Crippen LogP contribution in [0, 0.1) is 24.7 Å². The van der Waals surface area contributed by atoms with Gasteiger partial charge in [-0.3, -0.25) is 0 Å². The second-order valence-corrected chi connectivity index (χ2v) is 4.73. The van der Waals surface area contributed by atoms with Crippen LogP contribution < -0.4 is 0 Å². The van der Waals surface area contributed by atoms with E-state index in [2.05, 4.69) is 25.0 Å². The van der Waals surface area contributed by atoms with Crippen LogP contribution in [0.2, 0.25) is 0 Å². The van der Waals surface area contributed by atoms with Crippen LogP contribution in [0.5, 0.6) is 0 Å². The number of terminal acetylenes is 2. The van der Waals surface area contributed by atoms with Gasteiger partial charge in [-0.05, 0) is 49.7 Å². The van der Waals surface area contributed by atoms with Crippen LogP contribution >= 0.6 is 0 Å². The fraction of sp³-hybridized carbons (Fsp3) is 0.556. The minimum absolute atomic E-state index is 0.847. The number of hydrogen-bond acceptors (Lipinski definition) is 1. The van der Waals surface area contributed by atoms with E-state index in [1.165, 1.54) is 0 Å². The summed E-state index contributed by atoms with van der Waals surface area (Å²) in [7, 11) is 0. The van der Waals surface area contributed by atoms with Crippen molar-refractivity contribution < 1.29 is 4.74 Å². The lowest BCUT2D eigenvalue weighted by Crippen LogP contribution is -1.97. The lowest BCUT2D eigenvalue weighted by Gasteiger charge is -2.04. The molecule has 0 aromatic heterocycles. The molecule has 0 spiro atoms. The molecule has 0 aromatic rings. The van der Waals surface area contributed by atoms with Crippen LogP contribution in [-0.4, -0.2) is 13.2 Å². The summed E-state index contributed by atoms with van der Waals surface area (Å²) in [6.45, 7) is 9.26. The lowest BCUT2D eigenvalue weighted by molar-refractivity contribution is 0.126. The van der Waals surface area contributed by atoms with E-state index in [-0.39, 0.29) is 0 Å². The Labute approximate surface area is 119 Å². The molecule has 0 N–H and O–H groups in total. The monoisotopic (exact) mass is 258 g/mol. The van der Waals surface area contributed by atoms with E-state index >= 15 is 0 Å². The van der Waals surface area contributed by atoms with Gasteiger partial charge in [0.1, 0.15) is 0 Å².